The summed E-state index contributed by atoms with van der Waals surface area (Å²) in [4.78, 5) is 24.9. The SMILES string of the molecule is CCCCOP(=O)(OCCCC)C(N=O)C(=O)N(CC)CC. The Morgan fingerprint density at radius 1 is 1.05 bits per heavy atom. The van der Waals surface area contributed by atoms with E-state index in [2.05, 4.69) is 5.18 Å². The summed E-state index contributed by atoms with van der Waals surface area (Å²) in [5.74, 6) is -2.22. The summed E-state index contributed by atoms with van der Waals surface area (Å²) in [7, 11) is -3.90. The van der Waals surface area contributed by atoms with Crippen LogP contribution in [-0.2, 0) is 18.4 Å². The Morgan fingerprint density at radius 2 is 1.50 bits per heavy atom. The van der Waals surface area contributed by atoms with Crippen molar-refractivity contribution in [3.63, 3.8) is 0 Å². The average Bonchev–Trinajstić information content (AvgIpc) is 2.50. The van der Waals surface area contributed by atoms with Gasteiger partial charge >= 0.3 is 7.60 Å². The maximum absolute atomic E-state index is 12.9. The van der Waals surface area contributed by atoms with Crippen LogP contribution in [0.2, 0.25) is 0 Å². The summed E-state index contributed by atoms with van der Waals surface area (Å²) in [6.45, 7) is 8.66. The minimum atomic E-state index is -3.90. The highest BCUT2D eigenvalue weighted by Crippen LogP contribution is 2.54. The Hall–Kier alpha value is -0.780. The predicted molar refractivity (Wildman–Crippen MR) is 86.8 cm³/mol. The van der Waals surface area contributed by atoms with Crippen LogP contribution in [0.5, 0.6) is 0 Å². The molecule has 0 saturated carbocycles. The number of carbonyl (C=O) groups excluding carboxylic acids is 1. The second-order valence-corrected chi connectivity index (χ2v) is 6.99. The zero-order chi connectivity index (χ0) is 17.0. The Morgan fingerprint density at radius 3 is 1.82 bits per heavy atom. The fraction of sp³-hybridized carbons (Fsp3) is 0.929. The highest BCUT2D eigenvalue weighted by Gasteiger charge is 2.44. The van der Waals surface area contributed by atoms with Crippen LogP contribution in [0.25, 0.3) is 0 Å². The summed E-state index contributed by atoms with van der Waals surface area (Å²) < 4.78 is 23.5. The molecule has 0 aromatic rings. The van der Waals surface area contributed by atoms with Crippen molar-refractivity contribution in [3.05, 3.63) is 4.91 Å². The summed E-state index contributed by atoms with van der Waals surface area (Å²) >= 11 is 0. The zero-order valence-electron chi connectivity index (χ0n) is 14.1. The highest BCUT2D eigenvalue weighted by molar-refractivity contribution is 7.55. The Bertz CT molecular complexity index is 360. The van der Waals surface area contributed by atoms with E-state index in [0.717, 1.165) is 12.8 Å². The quantitative estimate of drug-likeness (QED) is 0.290. The molecule has 1 atom stereocenters. The number of hydrogen-bond acceptors (Lipinski definition) is 6. The van der Waals surface area contributed by atoms with Crippen LogP contribution in [0.1, 0.15) is 53.4 Å². The van der Waals surface area contributed by atoms with Gasteiger partial charge in [0.05, 0.1) is 13.2 Å². The molecule has 0 radical (unpaired) electrons. The van der Waals surface area contributed by atoms with E-state index in [4.69, 9.17) is 9.05 Å². The second kappa shape index (κ2) is 11.7. The fourth-order valence-corrected chi connectivity index (χ4v) is 3.46. The van der Waals surface area contributed by atoms with Crippen molar-refractivity contribution in [2.75, 3.05) is 26.3 Å². The molecule has 0 N–H and O–H groups in total. The van der Waals surface area contributed by atoms with Gasteiger partial charge in [-0.25, -0.2) is 0 Å². The van der Waals surface area contributed by atoms with Gasteiger partial charge in [-0.3, -0.25) is 9.36 Å². The summed E-state index contributed by atoms with van der Waals surface area (Å²) in [6.07, 6.45) is 3.04. The largest absolute Gasteiger partial charge is 0.368 e. The highest BCUT2D eigenvalue weighted by atomic mass is 31.2. The van der Waals surface area contributed by atoms with Gasteiger partial charge in [0.15, 0.2) is 0 Å². The first-order valence-electron chi connectivity index (χ1n) is 8.00. The van der Waals surface area contributed by atoms with Crippen LogP contribution in [-0.4, -0.2) is 42.9 Å². The van der Waals surface area contributed by atoms with Gasteiger partial charge in [0.25, 0.3) is 11.7 Å². The molecule has 0 aromatic carbocycles. The number of carbonyl (C=O) groups is 1. The van der Waals surface area contributed by atoms with E-state index >= 15 is 0 Å². The van der Waals surface area contributed by atoms with Crippen molar-refractivity contribution in [2.24, 2.45) is 5.18 Å². The number of nitrogens with zero attached hydrogens (tertiary/aromatic N) is 2. The number of likely N-dealkylation sites (N-methyl/N-ethyl adjacent to an activating group) is 1. The van der Waals surface area contributed by atoms with E-state index in [1.165, 1.54) is 4.90 Å². The molecule has 22 heavy (non-hydrogen) atoms. The summed E-state index contributed by atoms with van der Waals surface area (Å²) in [6, 6.07) is 0. The monoisotopic (exact) mass is 336 g/mol. The zero-order valence-corrected chi connectivity index (χ0v) is 15.0. The van der Waals surface area contributed by atoms with Crippen molar-refractivity contribution >= 4 is 13.5 Å². The maximum Gasteiger partial charge on any atom is 0.368 e. The lowest BCUT2D eigenvalue weighted by molar-refractivity contribution is -0.130. The molecule has 0 heterocycles. The smallest absolute Gasteiger partial charge is 0.341 e. The maximum atomic E-state index is 12.9. The van der Waals surface area contributed by atoms with Gasteiger partial charge in [-0.15, -0.1) is 4.91 Å². The standard InChI is InChI=1S/C14H29N2O5P/c1-5-9-11-20-22(19,21-12-10-6-2)13(15-18)14(17)16(7-3)8-4/h13H,5-12H2,1-4H3. The molecular weight excluding hydrogens is 307 g/mol. The van der Waals surface area contributed by atoms with Crippen LogP contribution in [0.3, 0.4) is 0 Å². The lowest BCUT2D eigenvalue weighted by atomic mass is 10.4. The average molecular weight is 336 g/mol. The third kappa shape index (κ3) is 6.55. The number of rotatable bonds is 13. The number of unbranched alkanes of at least 4 members (excludes halogenated alkanes) is 2. The molecule has 0 aliphatic heterocycles. The lowest BCUT2D eigenvalue weighted by Crippen LogP contribution is -2.38. The van der Waals surface area contributed by atoms with Crippen molar-refractivity contribution in [1.29, 1.82) is 0 Å². The van der Waals surface area contributed by atoms with Gasteiger partial charge in [0, 0.05) is 13.1 Å². The molecule has 130 valence electrons. The molecule has 0 fully saturated rings. The fourth-order valence-electron chi connectivity index (χ4n) is 1.79. The first-order chi connectivity index (χ1) is 10.5. The van der Waals surface area contributed by atoms with E-state index in [1.54, 1.807) is 13.8 Å². The predicted octanol–water partition coefficient (Wildman–Crippen LogP) is 3.77. The van der Waals surface area contributed by atoms with Crippen LogP contribution in [0, 0.1) is 4.91 Å². The second-order valence-electron chi connectivity index (χ2n) is 4.90. The number of amides is 1. The van der Waals surface area contributed by atoms with Gasteiger partial charge < -0.3 is 13.9 Å². The topological polar surface area (TPSA) is 85.3 Å². The van der Waals surface area contributed by atoms with Crippen LogP contribution in [0.4, 0.5) is 0 Å². The summed E-state index contributed by atoms with van der Waals surface area (Å²) in [5.41, 5.74) is 0. The molecule has 0 spiro atoms. The van der Waals surface area contributed by atoms with Crippen molar-refractivity contribution in [2.45, 2.75) is 59.2 Å². The van der Waals surface area contributed by atoms with Crippen molar-refractivity contribution in [3.8, 4) is 0 Å². The Kier molecular flexibility index (Phi) is 11.3. The van der Waals surface area contributed by atoms with E-state index in [-0.39, 0.29) is 13.2 Å². The molecule has 0 aliphatic rings. The minimum absolute atomic E-state index is 0.178. The third-order valence-corrected chi connectivity index (χ3v) is 5.23. The molecule has 0 bridgehead atoms. The van der Waals surface area contributed by atoms with Crippen molar-refractivity contribution < 1.29 is 18.4 Å². The molecule has 1 amide bonds. The van der Waals surface area contributed by atoms with Crippen molar-refractivity contribution in [1.82, 2.24) is 4.90 Å². The summed E-state index contributed by atoms with van der Waals surface area (Å²) in [5, 5.41) is 2.78. The van der Waals surface area contributed by atoms with E-state index in [9.17, 15) is 14.3 Å². The minimum Gasteiger partial charge on any atom is -0.341 e. The lowest BCUT2D eigenvalue weighted by Gasteiger charge is -2.26. The molecule has 1 unspecified atom stereocenters. The Labute approximate surface area is 133 Å². The number of hydrogen-bond donors (Lipinski definition) is 0. The molecular formula is C14H29N2O5P. The van der Waals surface area contributed by atoms with E-state index in [0.29, 0.717) is 25.9 Å². The molecule has 0 rings (SSSR count). The first-order valence-corrected chi connectivity index (χ1v) is 9.61. The first kappa shape index (κ1) is 21.2. The molecule has 0 saturated heterocycles. The Balaban J connectivity index is 5.17. The molecule has 0 aliphatic carbocycles. The van der Waals surface area contributed by atoms with Crippen LogP contribution < -0.4 is 0 Å². The van der Waals surface area contributed by atoms with Gasteiger partial charge in [0.2, 0.25) is 0 Å². The van der Waals surface area contributed by atoms with Gasteiger partial charge in [-0.1, -0.05) is 26.7 Å². The van der Waals surface area contributed by atoms with Crippen LogP contribution in [0.15, 0.2) is 5.18 Å². The molecule has 7 nitrogen and oxygen atoms in total. The molecule has 0 aromatic heterocycles. The van der Waals surface area contributed by atoms with Crippen LogP contribution >= 0.6 is 7.60 Å². The van der Waals surface area contributed by atoms with Gasteiger partial charge in [-0.05, 0) is 31.9 Å². The third-order valence-electron chi connectivity index (χ3n) is 3.23. The molecule has 8 heteroatoms. The van der Waals surface area contributed by atoms with Gasteiger partial charge in [-0.2, -0.15) is 0 Å². The normalized spacial score (nSPS) is 12.9. The van der Waals surface area contributed by atoms with E-state index in [1.807, 2.05) is 13.8 Å². The van der Waals surface area contributed by atoms with Gasteiger partial charge in [0.1, 0.15) is 0 Å². The van der Waals surface area contributed by atoms with E-state index < -0.39 is 19.3 Å². The number of nitroso groups, excluding NO2 is 1.